The third-order valence-corrected chi connectivity index (χ3v) is 9.47. The third kappa shape index (κ3) is 2.96. The van der Waals surface area contributed by atoms with Crippen molar-refractivity contribution in [2.75, 3.05) is 28.8 Å². The lowest BCUT2D eigenvalue weighted by atomic mass is 9.47. The first-order chi connectivity index (χ1) is 15.8. The Bertz CT molecular complexity index is 1100. The molecular formula is C26H32ClN5O. The van der Waals surface area contributed by atoms with Crippen LogP contribution < -0.4 is 15.1 Å². The molecule has 7 heteroatoms. The van der Waals surface area contributed by atoms with Gasteiger partial charge in [0.05, 0.1) is 23.0 Å². The van der Waals surface area contributed by atoms with Crippen LogP contribution >= 0.6 is 11.6 Å². The van der Waals surface area contributed by atoms with Crippen LogP contribution in [0.15, 0.2) is 41.5 Å². The van der Waals surface area contributed by atoms with Crippen molar-refractivity contribution < 1.29 is 4.74 Å². The molecule has 4 bridgehead atoms. The van der Waals surface area contributed by atoms with Gasteiger partial charge in [-0.1, -0.05) is 31.2 Å². The van der Waals surface area contributed by atoms with Crippen molar-refractivity contribution in [3.8, 4) is 0 Å². The molecule has 4 atom stereocenters. The van der Waals surface area contributed by atoms with Crippen molar-refractivity contribution in [3.05, 3.63) is 41.5 Å². The van der Waals surface area contributed by atoms with Gasteiger partial charge < -0.3 is 19.9 Å². The second-order valence-electron chi connectivity index (χ2n) is 11.7. The van der Waals surface area contributed by atoms with E-state index >= 15 is 0 Å². The van der Waals surface area contributed by atoms with Crippen LogP contribution in [0.3, 0.4) is 0 Å². The molecule has 1 N–H and O–H groups in total. The van der Waals surface area contributed by atoms with Crippen molar-refractivity contribution in [2.45, 2.75) is 63.5 Å². The highest BCUT2D eigenvalue weighted by Crippen LogP contribution is 2.65. The fourth-order valence-electron chi connectivity index (χ4n) is 8.39. The molecule has 0 amide bonds. The lowest BCUT2D eigenvalue weighted by Crippen LogP contribution is -2.62. The largest absolute Gasteiger partial charge is 0.373 e. The number of nitrogens with zero attached hydrogens (tertiary/aromatic N) is 4. The third-order valence-electron chi connectivity index (χ3n) is 9.14. The van der Waals surface area contributed by atoms with Gasteiger partial charge in [-0.25, -0.2) is 4.98 Å². The predicted octanol–water partition coefficient (Wildman–Crippen LogP) is 5.40. The zero-order valence-electron chi connectivity index (χ0n) is 19.5. The van der Waals surface area contributed by atoms with Crippen LogP contribution in [0.2, 0.25) is 0 Å². The molecule has 5 aliphatic carbocycles. The standard InChI is InChI=1S/C26H32ClN5O/c1-15-31(3)21-13-28-24(29-20-7-18-4-5-33-22(18)8-19(20)27)30-23(21)32(15)26-11-16-6-17(12-26)10-25(2,9-16)14-26/h7-8,13,16-18,22H,1,4-6,9-12,14H2,2-3H3,(H,28,29,30). The van der Waals surface area contributed by atoms with E-state index in [-0.39, 0.29) is 11.6 Å². The molecule has 1 saturated heterocycles. The Hall–Kier alpha value is -2.05. The zero-order valence-corrected chi connectivity index (χ0v) is 20.2. The van der Waals surface area contributed by atoms with Gasteiger partial charge in [0.1, 0.15) is 11.5 Å². The Morgan fingerprint density at radius 1 is 1.21 bits per heavy atom. The molecule has 4 saturated carbocycles. The summed E-state index contributed by atoms with van der Waals surface area (Å²) < 4.78 is 5.76. The highest BCUT2D eigenvalue weighted by Gasteiger charge is 2.60. The maximum absolute atomic E-state index is 6.58. The summed E-state index contributed by atoms with van der Waals surface area (Å²) in [6.45, 7) is 7.81. The quantitative estimate of drug-likeness (QED) is 0.645. The monoisotopic (exact) mass is 465 g/mol. The minimum Gasteiger partial charge on any atom is -0.373 e. The molecule has 0 spiro atoms. The van der Waals surface area contributed by atoms with Crippen LogP contribution in [0.4, 0.5) is 17.5 Å². The van der Waals surface area contributed by atoms with Crippen molar-refractivity contribution in [1.82, 2.24) is 9.97 Å². The Labute approximate surface area is 200 Å². The molecule has 33 heavy (non-hydrogen) atoms. The first-order valence-corrected chi connectivity index (χ1v) is 12.8. The highest BCUT2D eigenvalue weighted by molar-refractivity contribution is 6.32. The van der Waals surface area contributed by atoms with Crippen LogP contribution in [0, 0.1) is 23.2 Å². The lowest BCUT2D eigenvalue weighted by molar-refractivity contribution is -0.0572. The predicted molar refractivity (Wildman–Crippen MR) is 131 cm³/mol. The number of anilines is 3. The highest BCUT2D eigenvalue weighted by atomic mass is 35.5. The number of rotatable bonds is 3. The molecule has 2 aliphatic heterocycles. The van der Waals surface area contributed by atoms with Gasteiger partial charge in [-0.15, -0.1) is 0 Å². The Morgan fingerprint density at radius 2 is 2.00 bits per heavy atom. The van der Waals surface area contributed by atoms with E-state index in [4.69, 9.17) is 21.3 Å². The topological polar surface area (TPSA) is 53.5 Å². The number of hydrogen-bond acceptors (Lipinski definition) is 6. The molecule has 174 valence electrons. The molecule has 1 aromatic rings. The number of aromatic nitrogens is 2. The molecule has 3 heterocycles. The molecule has 8 rings (SSSR count). The van der Waals surface area contributed by atoms with E-state index in [0.717, 1.165) is 47.9 Å². The molecule has 7 aliphatic rings. The minimum absolute atomic E-state index is 0.0916. The van der Waals surface area contributed by atoms with E-state index in [9.17, 15) is 0 Å². The van der Waals surface area contributed by atoms with E-state index in [1.165, 1.54) is 38.5 Å². The smallest absolute Gasteiger partial charge is 0.229 e. The van der Waals surface area contributed by atoms with E-state index in [1.54, 1.807) is 0 Å². The number of halogens is 1. The van der Waals surface area contributed by atoms with Gasteiger partial charge in [0.15, 0.2) is 5.82 Å². The zero-order chi connectivity index (χ0) is 22.5. The number of allylic oxidation sites excluding steroid dienone is 1. The summed E-state index contributed by atoms with van der Waals surface area (Å²) in [5.74, 6) is 4.63. The summed E-state index contributed by atoms with van der Waals surface area (Å²) in [5.41, 5.74) is 2.49. The normalized spacial score (nSPS) is 40.6. The van der Waals surface area contributed by atoms with Gasteiger partial charge in [0.2, 0.25) is 5.95 Å². The van der Waals surface area contributed by atoms with Crippen LogP contribution in [0.25, 0.3) is 0 Å². The average Bonchev–Trinajstić information content (AvgIpc) is 3.28. The van der Waals surface area contributed by atoms with Crippen LogP contribution in [0.5, 0.6) is 0 Å². The van der Waals surface area contributed by atoms with Gasteiger partial charge in [-0.3, -0.25) is 0 Å². The Morgan fingerprint density at radius 3 is 2.76 bits per heavy atom. The van der Waals surface area contributed by atoms with Gasteiger partial charge in [-0.2, -0.15) is 4.98 Å². The first-order valence-electron chi connectivity index (χ1n) is 12.4. The summed E-state index contributed by atoms with van der Waals surface area (Å²) in [6.07, 6.45) is 15.1. The SMILES string of the molecule is C=C1N(C)c2cnc(NC3=CC4CCOC4C=C3Cl)nc2N1C12CC3CC(CC(C)(C3)C1)C2. The van der Waals surface area contributed by atoms with Gasteiger partial charge in [-0.05, 0) is 68.3 Å². The maximum atomic E-state index is 6.58. The van der Waals surface area contributed by atoms with Crippen LogP contribution in [0.1, 0.15) is 51.9 Å². The molecule has 4 unspecified atom stereocenters. The van der Waals surface area contributed by atoms with E-state index in [2.05, 4.69) is 46.7 Å². The van der Waals surface area contributed by atoms with Crippen molar-refractivity contribution in [2.24, 2.45) is 23.2 Å². The minimum atomic E-state index is 0.0916. The number of hydrogen-bond donors (Lipinski definition) is 1. The summed E-state index contributed by atoms with van der Waals surface area (Å²) in [7, 11) is 2.09. The van der Waals surface area contributed by atoms with E-state index < -0.39 is 0 Å². The maximum Gasteiger partial charge on any atom is 0.229 e. The van der Waals surface area contributed by atoms with Crippen LogP contribution in [-0.2, 0) is 4.74 Å². The Balaban J connectivity index is 1.24. The summed E-state index contributed by atoms with van der Waals surface area (Å²) >= 11 is 6.58. The van der Waals surface area contributed by atoms with Crippen molar-refractivity contribution in [1.29, 1.82) is 0 Å². The molecular weight excluding hydrogens is 434 g/mol. The molecule has 1 aromatic heterocycles. The number of fused-ring (bicyclic) bond motifs is 2. The summed E-state index contributed by atoms with van der Waals surface area (Å²) in [5, 5.41) is 4.09. The fraction of sp³-hybridized carbons (Fsp3) is 0.615. The van der Waals surface area contributed by atoms with Gasteiger partial charge >= 0.3 is 0 Å². The molecule has 5 fully saturated rings. The second kappa shape index (κ2) is 6.76. The summed E-state index contributed by atoms with van der Waals surface area (Å²) in [6, 6.07) is 0. The van der Waals surface area contributed by atoms with Crippen molar-refractivity contribution >= 4 is 29.1 Å². The van der Waals surface area contributed by atoms with E-state index in [0.29, 0.717) is 22.3 Å². The van der Waals surface area contributed by atoms with Crippen molar-refractivity contribution in [3.63, 3.8) is 0 Å². The van der Waals surface area contributed by atoms with E-state index in [1.807, 2.05) is 12.3 Å². The average molecular weight is 466 g/mol. The molecule has 0 aromatic carbocycles. The molecule has 6 nitrogen and oxygen atoms in total. The van der Waals surface area contributed by atoms with Gasteiger partial charge in [0, 0.05) is 25.1 Å². The molecule has 0 radical (unpaired) electrons. The number of ether oxygens (including phenoxy) is 1. The fourth-order valence-corrected chi connectivity index (χ4v) is 8.63. The van der Waals surface area contributed by atoms with Gasteiger partial charge in [0.25, 0.3) is 0 Å². The van der Waals surface area contributed by atoms with Crippen LogP contribution in [-0.4, -0.2) is 35.3 Å². The lowest BCUT2D eigenvalue weighted by Gasteiger charge is -2.63. The Kier molecular flexibility index (Phi) is 4.16. The first kappa shape index (κ1) is 20.3. The second-order valence-corrected chi connectivity index (χ2v) is 12.1. The summed E-state index contributed by atoms with van der Waals surface area (Å²) in [4.78, 5) is 14.4. The number of nitrogens with one attached hydrogen (secondary N) is 1.